The van der Waals surface area contributed by atoms with Crippen LogP contribution in [-0.2, 0) is 9.47 Å². The van der Waals surface area contributed by atoms with E-state index >= 15 is 4.39 Å². The molecule has 10 heteroatoms. The highest BCUT2D eigenvalue weighted by Crippen LogP contribution is 2.42. The van der Waals surface area contributed by atoms with Gasteiger partial charge in [0.05, 0.1) is 30.3 Å². The molecule has 1 saturated carbocycles. The van der Waals surface area contributed by atoms with Crippen LogP contribution in [0.3, 0.4) is 0 Å². The van der Waals surface area contributed by atoms with Gasteiger partial charge in [0.25, 0.3) is 0 Å². The van der Waals surface area contributed by atoms with Crippen LogP contribution < -0.4 is 20.8 Å². The molecular formula is C21H25FN4O5. The minimum Gasteiger partial charge on any atom is -0.434 e. The van der Waals surface area contributed by atoms with Gasteiger partial charge in [-0.1, -0.05) is 0 Å². The normalized spacial score (nSPS) is 25.1. The molecule has 2 N–H and O–H groups in total. The van der Waals surface area contributed by atoms with Crippen LogP contribution in [0.2, 0.25) is 0 Å². The molecule has 31 heavy (non-hydrogen) atoms. The van der Waals surface area contributed by atoms with E-state index in [0.29, 0.717) is 26.2 Å². The number of nitrogens with zero attached hydrogens (tertiary/aromatic N) is 3. The number of halogens is 1. The Hall–Kier alpha value is -2.72. The number of carbonyl (C=O) groups is 1. The summed E-state index contributed by atoms with van der Waals surface area (Å²) in [7, 11) is 0. The van der Waals surface area contributed by atoms with Crippen LogP contribution in [0.4, 0.5) is 15.0 Å². The fourth-order valence-corrected chi connectivity index (χ4v) is 4.76. The highest BCUT2D eigenvalue weighted by Gasteiger charge is 2.51. The maximum atomic E-state index is 15.8. The van der Waals surface area contributed by atoms with Gasteiger partial charge in [-0.2, -0.15) is 0 Å². The molecule has 3 aliphatic rings. The lowest BCUT2D eigenvalue weighted by Crippen LogP contribution is -2.44. The number of pyridine rings is 2. The van der Waals surface area contributed by atoms with Gasteiger partial charge in [0.2, 0.25) is 5.43 Å². The van der Waals surface area contributed by atoms with Gasteiger partial charge in [0.15, 0.2) is 17.4 Å². The fraction of sp³-hybridized carbons (Fsp3) is 0.571. The standard InChI is InChI=1S/C21H25FN4O5/c1-2-29-20(28)31-15-9-26(13-3-4-13)17-14(18(15)27)7-24-19(16(17)22)25-8-12-5-6-30-21(12,10-23)11-25/h7,9,12-13H,2-6,8,10-11,23H2,1H3. The van der Waals surface area contributed by atoms with Crippen molar-refractivity contribution < 1.29 is 23.4 Å². The van der Waals surface area contributed by atoms with E-state index in [0.717, 1.165) is 19.3 Å². The van der Waals surface area contributed by atoms with Crippen LogP contribution in [0.5, 0.6) is 5.75 Å². The van der Waals surface area contributed by atoms with Crippen molar-refractivity contribution >= 4 is 22.9 Å². The molecule has 5 rings (SSSR count). The molecule has 2 saturated heterocycles. The van der Waals surface area contributed by atoms with Crippen molar-refractivity contribution in [2.75, 3.05) is 37.7 Å². The Balaban J connectivity index is 1.58. The molecule has 2 unspecified atom stereocenters. The number of hydrogen-bond donors (Lipinski definition) is 1. The summed E-state index contributed by atoms with van der Waals surface area (Å²) < 4.78 is 33.2. The Morgan fingerprint density at radius 1 is 1.42 bits per heavy atom. The lowest BCUT2D eigenvalue weighted by Gasteiger charge is -2.26. The van der Waals surface area contributed by atoms with Crippen molar-refractivity contribution in [3.8, 4) is 5.75 Å². The minimum absolute atomic E-state index is 0.0362. The molecule has 3 fully saturated rings. The largest absolute Gasteiger partial charge is 0.514 e. The number of hydrogen-bond acceptors (Lipinski definition) is 8. The predicted octanol–water partition coefficient (Wildman–Crippen LogP) is 1.96. The van der Waals surface area contributed by atoms with Gasteiger partial charge in [-0.05, 0) is 26.2 Å². The summed E-state index contributed by atoms with van der Waals surface area (Å²) in [5.74, 6) is -0.346. The van der Waals surface area contributed by atoms with Crippen LogP contribution >= 0.6 is 0 Å². The van der Waals surface area contributed by atoms with Gasteiger partial charge < -0.3 is 29.4 Å². The van der Waals surface area contributed by atoms with E-state index in [4.69, 9.17) is 19.9 Å². The van der Waals surface area contributed by atoms with E-state index in [9.17, 15) is 9.59 Å². The van der Waals surface area contributed by atoms with Crippen LogP contribution in [0.25, 0.3) is 10.9 Å². The molecule has 9 nitrogen and oxygen atoms in total. The zero-order valence-electron chi connectivity index (χ0n) is 17.3. The summed E-state index contributed by atoms with van der Waals surface area (Å²) >= 11 is 0. The molecule has 2 atom stereocenters. The molecule has 4 heterocycles. The first-order chi connectivity index (χ1) is 15.0. The van der Waals surface area contributed by atoms with E-state index in [2.05, 4.69) is 4.98 Å². The molecule has 2 aromatic rings. The summed E-state index contributed by atoms with van der Waals surface area (Å²) in [4.78, 5) is 30.8. The van der Waals surface area contributed by atoms with Crippen LogP contribution in [0.15, 0.2) is 17.2 Å². The van der Waals surface area contributed by atoms with Crippen molar-refractivity contribution in [1.29, 1.82) is 0 Å². The molecular weight excluding hydrogens is 407 g/mol. The first-order valence-corrected chi connectivity index (χ1v) is 10.6. The third kappa shape index (κ3) is 3.25. The van der Waals surface area contributed by atoms with Crippen LogP contribution in [0.1, 0.15) is 32.2 Å². The fourth-order valence-electron chi connectivity index (χ4n) is 4.76. The SMILES string of the molecule is CCOC(=O)Oc1cn(C2CC2)c2c(F)c(N3CC4CCOC4(CN)C3)ncc2c1=O. The highest BCUT2D eigenvalue weighted by molar-refractivity contribution is 5.83. The summed E-state index contributed by atoms with van der Waals surface area (Å²) in [5.41, 5.74) is 5.09. The van der Waals surface area contributed by atoms with Crippen molar-refractivity contribution in [3.05, 3.63) is 28.4 Å². The zero-order valence-corrected chi connectivity index (χ0v) is 17.3. The summed E-state index contributed by atoms with van der Waals surface area (Å²) in [6.07, 6.45) is 4.37. The van der Waals surface area contributed by atoms with Crippen LogP contribution in [-0.4, -0.2) is 54.2 Å². The van der Waals surface area contributed by atoms with Gasteiger partial charge in [0, 0.05) is 37.9 Å². The molecule has 0 amide bonds. The van der Waals surface area contributed by atoms with Gasteiger partial charge >= 0.3 is 6.16 Å². The predicted molar refractivity (Wildman–Crippen MR) is 110 cm³/mol. The van der Waals surface area contributed by atoms with Crippen molar-refractivity contribution in [1.82, 2.24) is 9.55 Å². The number of ether oxygens (including phenoxy) is 3. The van der Waals surface area contributed by atoms with E-state index in [-0.39, 0.29) is 41.0 Å². The highest BCUT2D eigenvalue weighted by atomic mass is 19.1. The second-order valence-electron chi connectivity index (χ2n) is 8.39. The van der Waals surface area contributed by atoms with Gasteiger partial charge in [-0.25, -0.2) is 14.2 Å². The molecule has 166 valence electrons. The monoisotopic (exact) mass is 432 g/mol. The maximum absolute atomic E-state index is 15.8. The van der Waals surface area contributed by atoms with Crippen LogP contribution in [0, 0.1) is 11.7 Å². The zero-order chi connectivity index (χ0) is 21.8. The number of rotatable bonds is 5. The number of nitrogens with two attached hydrogens (primary N) is 1. The van der Waals surface area contributed by atoms with Gasteiger partial charge in [0.1, 0.15) is 5.60 Å². The number of aromatic nitrogens is 2. The molecule has 0 aromatic carbocycles. The van der Waals surface area contributed by atoms with E-state index in [1.54, 1.807) is 11.5 Å². The lowest BCUT2D eigenvalue weighted by molar-refractivity contribution is 0.0126. The van der Waals surface area contributed by atoms with Crippen molar-refractivity contribution in [2.24, 2.45) is 11.7 Å². The second kappa shape index (κ2) is 7.45. The first-order valence-electron chi connectivity index (χ1n) is 10.6. The second-order valence-corrected chi connectivity index (χ2v) is 8.39. The van der Waals surface area contributed by atoms with Crippen molar-refractivity contribution in [2.45, 2.75) is 37.8 Å². The Kier molecular flexibility index (Phi) is 4.86. The van der Waals surface area contributed by atoms with Crippen molar-refractivity contribution in [3.63, 3.8) is 0 Å². The Morgan fingerprint density at radius 3 is 2.90 bits per heavy atom. The molecule has 2 aromatic heterocycles. The first kappa shape index (κ1) is 20.2. The Bertz CT molecular complexity index is 1100. The summed E-state index contributed by atoms with van der Waals surface area (Å²) in [5, 5.41) is 0.0686. The van der Waals surface area contributed by atoms with E-state index < -0.39 is 23.0 Å². The average Bonchev–Trinajstić information content (AvgIpc) is 3.42. The van der Waals surface area contributed by atoms with E-state index in [1.165, 1.54) is 12.4 Å². The van der Waals surface area contributed by atoms with Gasteiger partial charge in [-0.3, -0.25) is 4.79 Å². The maximum Gasteiger partial charge on any atom is 0.514 e. The smallest absolute Gasteiger partial charge is 0.434 e. The summed E-state index contributed by atoms with van der Waals surface area (Å²) in [6, 6.07) is 0.0362. The number of carbonyl (C=O) groups excluding carboxylic acids is 1. The molecule has 2 aliphatic heterocycles. The van der Waals surface area contributed by atoms with Gasteiger partial charge in [-0.15, -0.1) is 0 Å². The quantitative estimate of drug-likeness (QED) is 0.715. The topological polar surface area (TPSA) is 109 Å². The Morgan fingerprint density at radius 2 is 2.23 bits per heavy atom. The van der Waals surface area contributed by atoms with E-state index in [1.807, 2.05) is 4.90 Å². The average molecular weight is 432 g/mol. The number of anilines is 1. The molecule has 1 aliphatic carbocycles. The minimum atomic E-state index is -0.970. The molecule has 0 radical (unpaired) electrons. The Labute approximate surface area is 177 Å². The third-order valence-electron chi connectivity index (χ3n) is 6.50. The summed E-state index contributed by atoms with van der Waals surface area (Å²) in [6.45, 7) is 3.84. The molecule has 0 bridgehead atoms. The number of fused-ring (bicyclic) bond motifs is 2. The lowest BCUT2D eigenvalue weighted by atomic mass is 9.91. The third-order valence-corrected chi connectivity index (χ3v) is 6.50. The molecule has 0 spiro atoms.